The molecule has 138 valence electrons. The lowest BCUT2D eigenvalue weighted by Gasteiger charge is -2.21. The fraction of sp³-hybridized carbons (Fsp3) is 0.500. The number of nitrogens with one attached hydrogen (secondary N) is 2. The molecule has 2 N–H and O–H groups in total. The highest BCUT2D eigenvalue weighted by Crippen LogP contribution is 2.19. The average molecular weight is 350 g/mol. The van der Waals surface area contributed by atoms with Gasteiger partial charge in [0.25, 0.3) is 0 Å². The van der Waals surface area contributed by atoms with Crippen molar-refractivity contribution in [2.75, 3.05) is 11.9 Å². The second-order valence-corrected chi connectivity index (χ2v) is 7.45. The molecule has 0 spiro atoms. The van der Waals surface area contributed by atoms with E-state index in [0.29, 0.717) is 5.69 Å². The van der Waals surface area contributed by atoms with Gasteiger partial charge in [-0.1, -0.05) is 12.1 Å². The Balaban J connectivity index is 2.69. The summed E-state index contributed by atoms with van der Waals surface area (Å²) in [6, 6.07) is 6.51. The molecule has 2 amide bonds. The average Bonchev–Trinajstić information content (AvgIpc) is 2.42. The molecular formula is C18H26N2O5. The molecule has 0 radical (unpaired) electrons. The van der Waals surface area contributed by atoms with Crippen LogP contribution in [0.4, 0.5) is 10.5 Å². The molecule has 1 aromatic rings. The fourth-order valence-electron chi connectivity index (χ4n) is 1.76. The summed E-state index contributed by atoms with van der Waals surface area (Å²) in [7, 11) is 0. The minimum absolute atomic E-state index is 0.239. The number of anilines is 1. The first kappa shape index (κ1) is 20.5. The molecule has 0 atom stereocenters. The van der Waals surface area contributed by atoms with Crippen LogP contribution in [0.2, 0.25) is 0 Å². The number of carbonyl (C=O) groups is 3. The highest BCUT2D eigenvalue weighted by molar-refractivity contribution is 6.02. The van der Waals surface area contributed by atoms with Gasteiger partial charge in [-0.3, -0.25) is 4.79 Å². The second kappa shape index (κ2) is 8.00. The molecule has 0 heterocycles. The van der Waals surface area contributed by atoms with Gasteiger partial charge in [0.2, 0.25) is 5.91 Å². The number of carbonyl (C=O) groups excluding carboxylic acids is 3. The molecule has 0 aliphatic heterocycles. The molecule has 0 saturated carbocycles. The predicted molar refractivity (Wildman–Crippen MR) is 94.5 cm³/mol. The monoisotopic (exact) mass is 350 g/mol. The summed E-state index contributed by atoms with van der Waals surface area (Å²) >= 11 is 0. The summed E-state index contributed by atoms with van der Waals surface area (Å²) in [5.41, 5.74) is -0.744. The van der Waals surface area contributed by atoms with E-state index in [2.05, 4.69) is 10.6 Å². The molecule has 1 aromatic carbocycles. The zero-order valence-corrected chi connectivity index (χ0v) is 15.6. The molecule has 0 aliphatic rings. The van der Waals surface area contributed by atoms with Crippen LogP contribution in [0.3, 0.4) is 0 Å². The number of benzene rings is 1. The van der Waals surface area contributed by atoms with E-state index in [0.717, 1.165) is 0 Å². The summed E-state index contributed by atoms with van der Waals surface area (Å²) in [4.78, 5) is 35.8. The van der Waals surface area contributed by atoms with Crippen molar-refractivity contribution in [3.63, 3.8) is 0 Å². The van der Waals surface area contributed by atoms with Gasteiger partial charge >= 0.3 is 12.1 Å². The molecule has 0 saturated heterocycles. The van der Waals surface area contributed by atoms with E-state index < -0.39 is 29.2 Å². The summed E-state index contributed by atoms with van der Waals surface area (Å²) in [6.45, 7) is 10.2. The molecule has 0 aromatic heterocycles. The van der Waals surface area contributed by atoms with E-state index in [-0.39, 0.29) is 12.1 Å². The summed E-state index contributed by atoms with van der Waals surface area (Å²) in [5, 5.41) is 4.94. The van der Waals surface area contributed by atoms with Gasteiger partial charge in [0, 0.05) is 0 Å². The summed E-state index contributed by atoms with van der Waals surface area (Å²) in [5.74, 6) is -1.02. The third-order valence-electron chi connectivity index (χ3n) is 2.61. The van der Waals surface area contributed by atoms with Gasteiger partial charge in [-0.15, -0.1) is 0 Å². The van der Waals surface area contributed by atoms with Crippen LogP contribution in [0, 0.1) is 0 Å². The van der Waals surface area contributed by atoms with E-state index in [9.17, 15) is 14.4 Å². The normalized spacial score (nSPS) is 11.4. The molecule has 7 heteroatoms. The molecule has 7 nitrogen and oxygen atoms in total. The maximum Gasteiger partial charge on any atom is 0.408 e. The van der Waals surface area contributed by atoms with Crippen molar-refractivity contribution >= 4 is 23.7 Å². The minimum atomic E-state index is -0.692. The SMILES string of the molecule is CC(C)(C)OC(=O)NCC(=O)Nc1ccccc1C(=O)OC(C)(C)C. The Hall–Kier alpha value is -2.57. The quantitative estimate of drug-likeness (QED) is 0.814. The zero-order chi connectivity index (χ0) is 19.3. The molecule has 0 aliphatic carbocycles. The topological polar surface area (TPSA) is 93.7 Å². The maximum absolute atomic E-state index is 12.2. The van der Waals surface area contributed by atoms with Crippen LogP contribution in [-0.2, 0) is 14.3 Å². The van der Waals surface area contributed by atoms with E-state index in [1.807, 2.05) is 0 Å². The minimum Gasteiger partial charge on any atom is -0.456 e. The Morgan fingerprint density at radius 1 is 0.920 bits per heavy atom. The van der Waals surface area contributed by atoms with Crippen molar-refractivity contribution in [2.45, 2.75) is 52.7 Å². The number of hydrogen-bond donors (Lipinski definition) is 2. The standard InChI is InChI=1S/C18H26N2O5/c1-17(2,3)24-15(22)12-9-7-8-10-13(12)20-14(21)11-19-16(23)25-18(4,5)6/h7-10H,11H2,1-6H3,(H,19,23)(H,20,21). The highest BCUT2D eigenvalue weighted by Gasteiger charge is 2.21. The van der Waals surface area contributed by atoms with Crippen molar-refractivity contribution in [2.24, 2.45) is 0 Å². The van der Waals surface area contributed by atoms with Gasteiger partial charge in [0.15, 0.2) is 0 Å². The van der Waals surface area contributed by atoms with Crippen molar-refractivity contribution in [1.82, 2.24) is 5.32 Å². The second-order valence-electron chi connectivity index (χ2n) is 7.45. The number of alkyl carbamates (subject to hydrolysis) is 1. The van der Waals surface area contributed by atoms with E-state index in [1.165, 1.54) is 0 Å². The molecule has 0 fully saturated rings. The van der Waals surface area contributed by atoms with E-state index >= 15 is 0 Å². The van der Waals surface area contributed by atoms with E-state index in [1.54, 1.807) is 65.8 Å². The van der Waals surface area contributed by atoms with Crippen LogP contribution >= 0.6 is 0 Å². The summed E-state index contributed by atoms with van der Waals surface area (Å²) < 4.78 is 10.4. The smallest absolute Gasteiger partial charge is 0.408 e. The van der Waals surface area contributed by atoms with Crippen molar-refractivity contribution < 1.29 is 23.9 Å². The molecular weight excluding hydrogens is 324 g/mol. The number of rotatable bonds is 4. The zero-order valence-electron chi connectivity index (χ0n) is 15.6. The maximum atomic E-state index is 12.2. The lowest BCUT2D eigenvalue weighted by atomic mass is 10.1. The first-order valence-corrected chi connectivity index (χ1v) is 7.96. The van der Waals surface area contributed by atoms with Crippen molar-refractivity contribution in [3.05, 3.63) is 29.8 Å². The summed E-state index contributed by atoms with van der Waals surface area (Å²) in [6.07, 6.45) is -0.692. The Morgan fingerprint density at radius 2 is 1.48 bits per heavy atom. The van der Waals surface area contributed by atoms with Gasteiger partial charge in [0.05, 0.1) is 11.3 Å². The Labute approximate surface area is 148 Å². The van der Waals surface area contributed by atoms with Crippen LogP contribution in [0.1, 0.15) is 51.9 Å². The first-order chi connectivity index (χ1) is 11.4. The first-order valence-electron chi connectivity index (χ1n) is 7.96. The Morgan fingerprint density at radius 3 is 2.04 bits per heavy atom. The largest absolute Gasteiger partial charge is 0.456 e. The molecule has 1 rings (SSSR count). The predicted octanol–water partition coefficient (Wildman–Crippen LogP) is 3.11. The van der Waals surface area contributed by atoms with Crippen LogP contribution in [0.25, 0.3) is 0 Å². The molecule has 0 unspecified atom stereocenters. The van der Waals surface area contributed by atoms with Gasteiger partial charge in [-0.25, -0.2) is 9.59 Å². The van der Waals surface area contributed by atoms with Gasteiger partial charge in [-0.2, -0.15) is 0 Å². The molecule has 25 heavy (non-hydrogen) atoms. The lowest BCUT2D eigenvalue weighted by molar-refractivity contribution is -0.115. The van der Waals surface area contributed by atoms with Gasteiger partial charge in [-0.05, 0) is 53.7 Å². The number of para-hydroxylation sites is 1. The van der Waals surface area contributed by atoms with Gasteiger partial charge < -0.3 is 20.1 Å². The van der Waals surface area contributed by atoms with Gasteiger partial charge in [0.1, 0.15) is 17.7 Å². The number of amides is 2. The highest BCUT2D eigenvalue weighted by atomic mass is 16.6. The lowest BCUT2D eigenvalue weighted by Crippen LogP contribution is -2.37. The Bertz CT molecular complexity index is 642. The third kappa shape index (κ3) is 8.19. The van der Waals surface area contributed by atoms with Crippen LogP contribution < -0.4 is 10.6 Å². The third-order valence-corrected chi connectivity index (χ3v) is 2.61. The van der Waals surface area contributed by atoms with Crippen molar-refractivity contribution in [3.8, 4) is 0 Å². The van der Waals surface area contributed by atoms with E-state index in [4.69, 9.17) is 9.47 Å². The Kier molecular flexibility index (Phi) is 6.55. The van der Waals surface area contributed by atoms with Crippen LogP contribution in [0.5, 0.6) is 0 Å². The van der Waals surface area contributed by atoms with Crippen LogP contribution in [0.15, 0.2) is 24.3 Å². The fourth-order valence-corrected chi connectivity index (χ4v) is 1.76. The van der Waals surface area contributed by atoms with Crippen molar-refractivity contribution in [1.29, 1.82) is 0 Å². The molecule has 0 bridgehead atoms. The van der Waals surface area contributed by atoms with Crippen LogP contribution in [-0.4, -0.2) is 35.7 Å². The number of hydrogen-bond acceptors (Lipinski definition) is 5. The number of esters is 1. The number of ether oxygens (including phenoxy) is 2.